The van der Waals surface area contributed by atoms with Crippen LogP contribution in [0.15, 0.2) is 121 Å². The molecular formula is C34H20BNO2. The van der Waals surface area contributed by atoms with Crippen LogP contribution in [0.25, 0.3) is 38.3 Å². The van der Waals surface area contributed by atoms with Crippen molar-refractivity contribution in [3.63, 3.8) is 0 Å². The SMILES string of the molecule is c1ccc2c(c1)Oc1cc(-n3c4ccccc4c4ccccc43)cc3c1B2c1ccc2ccccc2c1O3. The van der Waals surface area contributed by atoms with Gasteiger partial charge in [0.25, 0.3) is 6.71 Å². The van der Waals surface area contributed by atoms with Gasteiger partial charge in [0.05, 0.1) is 16.7 Å². The zero-order chi connectivity index (χ0) is 24.8. The Labute approximate surface area is 219 Å². The van der Waals surface area contributed by atoms with Crippen LogP contribution in [0.2, 0.25) is 0 Å². The Bertz CT molecular complexity index is 2060. The summed E-state index contributed by atoms with van der Waals surface area (Å²) in [6.07, 6.45) is 0. The van der Waals surface area contributed by atoms with Crippen LogP contribution in [0.5, 0.6) is 23.0 Å². The van der Waals surface area contributed by atoms with Gasteiger partial charge in [-0.25, -0.2) is 0 Å². The molecule has 4 heteroatoms. The summed E-state index contributed by atoms with van der Waals surface area (Å²) in [6.45, 7) is 0.0468. The van der Waals surface area contributed by atoms with Crippen molar-refractivity contribution in [1.29, 1.82) is 0 Å². The van der Waals surface area contributed by atoms with E-state index in [4.69, 9.17) is 9.47 Å². The first-order chi connectivity index (χ1) is 18.8. The standard InChI is InChI=1S/C34H20BNO2/c1-2-10-23-21(9-1)17-18-27-34(23)38-32-20-22(19-31-33(32)35(27)26-13-5-8-16-30(26)37-31)36-28-14-6-3-11-24(28)25-12-4-7-15-29(25)36/h1-20H. The molecule has 9 rings (SSSR count). The maximum atomic E-state index is 6.82. The largest absolute Gasteiger partial charge is 0.458 e. The maximum absolute atomic E-state index is 6.82. The van der Waals surface area contributed by atoms with Gasteiger partial charge in [-0.1, -0.05) is 91.0 Å². The summed E-state index contributed by atoms with van der Waals surface area (Å²) in [5, 5.41) is 4.77. The number of aromatic nitrogens is 1. The van der Waals surface area contributed by atoms with Crippen LogP contribution < -0.4 is 25.9 Å². The van der Waals surface area contributed by atoms with Crippen molar-refractivity contribution < 1.29 is 9.47 Å². The lowest BCUT2D eigenvalue weighted by atomic mass is 9.34. The predicted molar refractivity (Wildman–Crippen MR) is 156 cm³/mol. The van der Waals surface area contributed by atoms with Crippen molar-refractivity contribution >= 4 is 55.7 Å². The molecule has 7 aromatic rings. The molecule has 0 aliphatic carbocycles. The normalized spacial score (nSPS) is 13.1. The molecule has 38 heavy (non-hydrogen) atoms. The van der Waals surface area contributed by atoms with Crippen molar-refractivity contribution in [2.75, 3.05) is 0 Å². The molecule has 0 radical (unpaired) electrons. The molecule has 0 bridgehead atoms. The smallest absolute Gasteiger partial charge is 0.260 e. The Balaban J connectivity index is 1.37. The van der Waals surface area contributed by atoms with Gasteiger partial charge in [0.1, 0.15) is 23.0 Å². The Morgan fingerprint density at radius 1 is 0.500 bits per heavy atom. The molecule has 2 aliphatic rings. The third kappa shape index (κ3) is 2.59. The number of benzene rings is 6. The summed E-state index contributed by atoms with van der Waals surface area (Å²) in [4.78, 5) is 0. The third-order valence-electron chi connectivity index (χ3n) is 8.10. The summed E-state index contributed by atoms with van der Waals surface area (Å²) in [6, 6.07) is 42.8. The van der Waals surface area contributed by atoms with Gasteiger partial charge in [0.15, 0.2) is 0 Å². The van der Waals surface area contributed by atoms with Crippen LogP contribution in [-0.4, -0.2) is 11.3 Å². The number of nitrogens with zero attached hydrogens (tertiary/aromatic N) is 1. The van der Waals surface area contributed by atoms with Gasteiger partial charge in [-0.3, -0.25) is 0 Å². The van der Waals surface area contributed by atoms with Crippen LogP contribution in [0.3, 0.4) is 0 Å². The number of hydrogen-bond donors (Lipinski definition) is 0. The highest BCUT2D eigenvalue weighted by Crippen LogP contribution is 2.40. The first kappa shape index (κ1) is 20.1. The molecule has 0 saturated heterocycles. The highest BCUT2D eigenvalue weighted by atomic mass is 16.5. The fourth-order valence-electron chi connectivity index (χ4n) is 6.49. The lowest BCUT2D eigenvalue weighted by molar-refractivity contribution is 0.466. The maximum Gasteiger partial charge on any atom is 0.260 e. The first-order valence-corrected chi connectivity index (χ1v) is 13.0. The third-order valence-corrected chi connectivity index (χ3v) is 8.10. The van der Waals surface area contributed by atoms with Crippen molar-refractivity contribution in [2.24, 2.45) is 0 Å². The highest BCUT2D eigenvalue weighted by molar-refractivity contribution is 6.98. The molecule has 0 saturated carbocycles. The van der Waals surface area contributed by atoms with Gasteiger partial charge < -0.3 is 14.0 Å². The van der Waals surface area contributed by atoms with Gasteiger partial charge >= 0.3 is 0 Å². The molecule has 0 atom stereocenters. The van der Waals surface area contributed by atoms with E-state index in [0.717, 1.165) is 50.6 Å². The van der Waals surface area contributed by atoms with Crippen molar-refractivity contribution in [3.05, 3.63) is 121 Å². The van der Waals surface area contributed by atoms with E-state index in [2.05, 4.69) is 120 Å². The van der Waals surface area contributed by atoms with Gasteiger partial charge in [-0.2, -0.15) is 0 Å². The van der Waals surface area contributed by atoms with Gasteiger partial charge in [-0.05, 0) is 34.5 Å². The lowest BCUT2D eigenvalue weighted by Gasteiger charge is -2.34. The van der Waals surface area contributed by atoms with Crippen LogP contribution in [0.4, 0.5) is 0 Å². The summed E-state index contributed by atoms with van der Waals surface area (Å²) in [7, 11) is 0. The molecule has 0 amide bonds. The number of ether oxygens (including phenoxy) is 2. The Hall–Kier alpha value is -4.96. The minimum atomic E-state index is 0.0468. The number of fused-ring (bicyclic) bond motifs is 9. The Morgan fingerprint density at radius 3 is 1.92 bits per heavy atom. The highest BCUT2D eigenvalue weighted by Gasteiger charge is 2.41. The fraction of sp³-hybridized carbons (Fsp3) is 0. The van der Waals surface area contributed by atoms with E-state index in [0.29, 0.717) is 0 Å². The second-order valence-electron chi connectivity index (χ2n) is 10.1. The van der Waals surface area contributed by atoms with Gasteiger partial charge in [-0.15, -0.1) is 0 Å². The fourth-order valence-corrected chi connectivity index (χ4v) is 6.49. The molecule has 0 N–H and O–H groups in total. The van der Waals surface area contributed by atoms with Crippen molar-refractivity contribution in [3.8, 4) is 28.7 Å². The molecule has 2 aliphatic heterocycles. The van der Waals surface area contributed by atoms with Crippen LogP contribution in [-0.2, 0) is 0 Å². The summed E-state index contributed by atoms with van der Waals surface area (Å²) < 4.78 is 15.7. The molecule has 3 heterocycles. The Morgan fingerprint density at radius 2 is 1.13 bits per heavy atom. The molecule has 3 nitrogen and oxygen atoms in total. The van der Waals surface area contributed by atoms with Crippen LogP contribution in [0, 0.1) is 0 Å². The molecule has 1 aromatic heterocycles. The summed E-state index contributed by atoms with van der Waals surface area (Å²) in [5.41, 5.74) is 6.79. The van der Waals surface area contributed by atoms with E-state index in [-0.39, 0.29) is 6.71 Å². The lowest BCUT2D eigenvalue weighted by Crippen LogP contribution is -2.57. The molecule has 0 unspecified atom stereocenters. The van der Waals surface area contributed by atoms with E-state index in [1.54, 1.807) is 0 Å². The zero-order valence-electron chi connectivity index (χ0n) is 20.4. The Kier molecular flexibility index (Phi) is 3.87. The van der Waals surface area contributed by atoms with E-state index in [1.807, 2.05) is 6.07 Å². The molecule has 0 spiro atoms. The number of rotatable bonds is 1. The summed E-state index contributed by atoms with van der Waals surface area (Å²) >= 11 is 0. The molecular weight excluding hydrogens is 465 g/mol. The summed E-state index contributed by atoms with van der Waals surface area (Å²) in [5.74, 6) is 3.53. The van der Waals surface area contributed by atoms with E-state index in [9.17, 15) is 0 Å². The van der Waals surface area contributed by atoms with Crippen molar-refractivity contribution in [2.45, 2.75) is 0 Å². The van der Waals surface area contributed by atoms with Crippen LogP contribution >= 0.6 is 0 Å². The second-order valence-corrected chi connectivity index (χ2v) is 10.1. The predicted octanol–water partition coefficient (Wildman–Crippen LogP) is 6.66. The minimum absolute atomic E-state index is 0.0468. The average molecular weight is 485 g/mol. The molecule has 176 valence electrons. The molecule has 0 fully saturated rings. The van der Waals surface area contributed by atoms with E-state index >= 15 is 0 Å². The van der Waals surface area contributed by atoms with Gasteiger partial charge in [0, 0.05) is 33.8 Å². The van der Waals surface area contributed by atoms with E-state index < -0.39 is 0 Å². The topological polar surface area (TPSA) is 23.4 Å². The zero-order valence-corrected chi connectivity index (χ0v) is 20.4. The number of para-hydroxylation sites is 3. The van der Waals surface area contributed by atoms with Crippen LogP contribution in [0.1, 0.15) is 0 Å². The van der Waals surface area contributed by atoms with E-state index in [1.165, 1.54) is 27.1 Å². The first-order valence-electron chi connectivity index (χ1n) is 13.0. The second kappa shape index (κ2) is 7.30. The van der Waals surface area contributed by atoms with Gasteiger partial charge in [0.2, 0.25) is 0 Å². The van der Waals surface area contributed by atoms with Crippen molar-refractivity contribution in [1.82, 2.24) is 4.57 Å². The average Bonchev–Trinajstić information content (AvgIpc) is 3.31. The molecule has 6 aromatic carbocycles. The minimum Gasteiger partial charge on any atom is -0.458 e. The number of hydrogen-bond acceptors (Lipinski definition) is 2. The quantitative estimate of drug-likeness (QED) is 0.243. The monoisotopic (exact) mass is 485 g/mol.